The van der Waals surface area contributed by atoms with Crippen LogP contribution in [0.3, 0.4) is 0 Å². The number of hydrogen-bond donors (Lipinski definition) is 1. The lowest BCUT2D eigenvalue weighted by Crippen LogP contribution is -2.52. The Hall–Kier alpha value is -0.970. The van der Waals surface area contributed by atoms with Crippen LogP contribution >= 0.6 is 23.2 Å². The molecule has 0 aliphatic carbocycles. The van der Waals surface area contributed by atoms with Gasteiger partial charge in [0, 0.05) is 42.8 Å². The molecular formula is C18H27Cl2N3O. The Morgan fingerprint density at radius 3 is 2.58 bits per heavy atom. The average Bonchev–Trinajstić information content (AvgIpc) is 2.57. The molecule has 2 amide bonds. The van der Waals surface area contributed by atoms with Crippen LogP contribution in [0.25, 0.3) is 0 Å². The normalized spacial score (nSPS) is 15.5. The van der Waals surface area contributed by atoms with Crippen molar-refractivity contribution in [2.24, 2.45) is 0 Å². The monoisotopic (exact) mass is 371 g/mol. The molecule has 1 aromatic carbocycles. The van der Waals surface area contributed by atoms with E-state index in [0.29, 0.717) is 23.0 Å². The Morgan fingerprint density at radius 2 is 1.92 bits per heavy atom. The van der Waals surface area contributed by atoms with E-state index in [1.54, 1.807) is 6.07 Å². The summed E-state index contributed by atoms with van der Waals surface area (Å²) < 4.78 is 0. The van der Waals surface area contributed by atoms with Crippen molar-refractivity contribution in [2.45, 2.75) is 32.6 Å². The first-order valence-electron chi connectivity index (χ1n) is 8.79. The summed E-state index contributed by atoms with van der Waals surface area (Å²) >= 11 is 12.0. The van der Waals surface area contributed by atoms with Crippen LogP contribution in [0.15, 0.2) is 18.2 Å². The molecule has 24 heavy (non-hydrogen) atoms. The molecule has 1 N–H and O–H groups in total. The van der Waals surface area contributed by atoms with Gasteiger partial charge >= 0.3 is 6.03 Å². The van der Waals surface area contributed by atoms with Gasteiger partial charge in [-0.2, -0.15) is 0 Å². The lowest BCUT2D eigenvalue weighted by Gasteiger charge is -2.34. The van der Waals surface area contributed by atoms with Crippen molar-refractivity contribution in [2.75, 3.05) is 39.3 Å². The predicted octanol–water partition coefficient (Wildman–Crippen LogP) is 4.05. The van der Waals surface area contributed by atoms with Gasteiger partial charge in [-0.1, -0.05) is 49.0 Å². The Kier molecular flexibility index (Phi) is 8.16. The number of halogens is 2. The van der Waals surface area contributed by atoms with E-state index in [4.69, 9.17) is 23.2 Å². The highest BCUT2D eigenvalue weighted by Gasteiger charge is 2.20. The van der Waals surface area contributed by atoms with Gasteiger partial charge in [-0.3, -0.25) is 4.90 Å². The first-order chi connectivity index (χ1) is 11.6. The van der Waals surface area contributed by atoms with Crippen molar-refractivity contribution in [3.05, 3.63) is 33.8 Å². The Bertz CT molecular complexity index is 531. The number of unbranched alkanes of at least 4 members (excludes halogenated alkanes) is 2. The highest BCUT2D eigenvalue weighted by molar-refractivity contribution is 6.35. The second-order valence-electron chi connectivity index (χ2n) is 6.25. The smallest absolute Gasteiger partial charge is 0.317 e. The summed E-state index contributed by atoms with van der Waals surface area (Å²) in [7, 11) is 0. The van der Waals surface area contributed by atoms with E-state index in [-0.39, 0.29) is 6.03 Å². The van der Waals surface area contributed by atoms with Crippen LogP contribution in [0.2, 0.25) is 10.0 Å². The third-order valence-electron chi connectivity index (χ3n) is 4.42. The Labute approximate surface area is 155 Å². The second kappa shape index (κ2) is 10.1. The molecular weight excluding hydrogens is 345 g/mol. The summed E-state index contributed by atoms with van der Waals surface area (Å²) in [4.78, 5) is 16.6. The van der Waals surface area contributed by atoms with Crippen LogP contribution in [0.4, 0.5) is 4.79 Å². The number of benzene rings is 1. The number of piperazine rings is 1. The van der Waals surface area contributed by atoms with Crippen molar-refractivity contribution >= 4 is 29.2 Å². The molecule has 4 nitrogen and oxygen atoms in total. The lowest BCUT2D eigenvalue weighted by atomic mass is 10.1. The minimum absolute atomic E-state index is 0.0216. The summed E-state index contributed by atoms with van der Waals surface area (Å²) in [6.07, 6.45) is 4.50. The van der Waals surface area contributed by atoms with Gasteiger partial charge in [0.2, 0.25) is 0 Å². The molecule has 1 aromatic rings. The first kappa shape index (κ1) is 19.4. The molecule has 0 atom stereocenters. The van der Waals surface area contributed by atoms with Crippen molar-refractivity contribution in [3.8, 4) is 0 Å². The maximum Gasteiger partial charge on any atom is 0.317 e. The van der Waals surface area contributed by atoms with E-state index in [2.05, 4.69) is 17.1 Å². The predicted molar refractivity (Wildman–Crippen MR) is 101 cm³/mol. The molecule has 1 fully saturated rings. The number of nitrogens with one attached hydrogen (secondary N) is 1. The topological polar surface area (TPSA) is 35.6 Å². The van der Waals surface area contributed by atoms with Gasteiger partial charge in [-0.25, -0.2) is 4.79 Å². The standard InChI is InChI=1S/C18H27Cl2N3O/c1-2-3-4-9-22-10-12-23(13-11-22)18(24)21-8-7-15-5-6-16(19)14-17(15)20/h5-6,14H,2-4,7-13H2,1H3,(H,21,24). The fourth-order valence-corrected chi connectivity index (χ4v) is 3.40. The molecule has 1 heterocycles. The fourth-order valence-electron chi connectivity index (χ4n) is 2.90. The molecule has 2 rings (SSSR count). The Balaban J connectivity index is 1.66. The number of nitrogens with zero attached hydrogens (tertiary/aromatic N) is 2. The van der Waals surface area contributed by atoms with Crippen LogP contribution < -0.4 is 5.32 Å². The fraction of sp³-hybridized carbons (Fsp3) is 0.611. The quantitative estimate of drug-likeness (QED) is 0.733. The molecule has 0 aromatic heterocycles. The highest BCUT2D eigenvalue weighted by atomic mass is 35.5. The molecule has 1 aliphatic rings. The van der Waals surface area contributed by atoms with Crippen LogP contribution in [0, 0.1) is 0 Å². The van der Waals surface area contributed by atoms with Gasteiger partial charge in [0.1, 0.15) is 0 Å². The second-order valence-corrected chi connectivity index (χ2v) is 7.10. The molecule has 6 heteroatoms. The van der Waals surface area contributed by atoms with Crippen LogP contribution in [-0.2, 0) is 6.42 Å². The molecule has 0 bridgehead atoms. The summed E-state index contributed by atoms with van der Waals surface area (Å²) in [5.41, 5.74) is 1.00. The van der Waals surface area contributed by atoms with Crippen molar-refractivity contribution in [3.63, 3.8) is 0 Å². The van der Waals surface area contributed by atoms with E-state index in [1.807, 2.05) is 17.0 Å². The molecule has 1 aliphatic heterocycles. The summed E-state index contributed by atoms with van der Waals surface area (Å²) in [6.45, 7) is 7.51. The van der Waals surface area contributed by atoms with Gasteiger partial charge in [0.15, 0.2) is 0 Å². The third kappa shape index (κ3) is 6.15. The lowest BCUT2D eigenvalue weighted by molar-refractivity contribution is 0.138. The van der Waals surface area contributed by atoms with Gasteiger partial charge in [0.25, 0.3) is 0 Å². The number of rotatable bonds is 7. The van der Waals surface area contributed by atoms with E-state index in [1.165, 1.54) is 19.3 Å². The maximum atomic E-state index is 12.2. The van der Waals surface area contributed by atoms with Crippen LogP contribution in [-0.4, -0.2) is 55.1 Å². The van der Waals surface area contributed by atoms with E-state index < -0.39 is 0 Å². The third-order valence-corrected chi connectivity index (χ3v) is 5.01. The van der Waals surface area contributed by atoms with Gasteiger partial charge < -0.3 is 10.2 Å². The van der Waals surface area contributed by atoms with Crippen LogP contribution in [0.5, 0.6) is 0 Å². The first-order valence-corrected chi connectivity index (χ1v) is 9.55. The van der Waals surface area contributed by atoms with E-state index in [9.17, 15) is 4.79 Å². The maximum absolute atomic E-state index is 12.2. The largest absolute Gasteiger partial charge is 0.338 e. The minimum atomic E-state index is 0.0216. The highest BCUT2D eigenvalue weighted by Crippen LogP contribution is 2.21. The summed E-state index contributed by atoms with van der Waals surface area (Å²) in [5, 5.41) is 4.27. The van der Waals surface area contributed by atoms with Gasteiger partial charge in [0.05, 0.1) is 0 Å². The SMILES string of the molecule is CCCCCN1CCN(C(=O)NCCc2ccc(Cl)cc2Cl)CC1. The summed E-state index contributed by atoms with van der Waals surface area (Å²) in [5.74, 6) is 0. The number of amides is 2. The molecule has 134 valence electrons. The van der Waals surface area contributed by atoms with Crippen molar-refractivity contribution in [1.29, 1.82) is 0 Å². The van der Waals surface area contributed by atoms with Crippen molar-refractivity contribution in [1.82, 2.24) is 15.1 Å². The van der Waals surface area contributed by atoms with E-state index in [0.717, 1.165) is 38.3 Å². The van der Waals surface area contributed by atoms with E-state index >= 15 is 0 Å². The number of urea groups is 1. The van der Waals surface area contributed by atoms with Crippen LogP contribution in [0.1, 0.15) is 31.7 Å². The zero-order valence-corrected chi connectivity index (χ0v) is 15.9. The number of carbonyl (C=O) groups excluding carboxylic acids is 1. The van der Waals surface area contributed by atoms with Gasteiger partial charge in [-0.15, -0.1) is 0 Å². The van der Waals surface area contributed by atoms with Gasteiger partial charge in [-0.05, 0) is 37.1 Å². The molecule has 0 radical (unpaired) electrons. The number of hydrogen-bond acceptors (Lipinski definition) is 2. The minimum Gasteiger partial charge on any atom is -0.338 e. The summed E-state index contributed by atoms with van der Waals surface area (Å²) in [6, 6.07) is 5.49. The molecule has 1 saturated heterocycles. The number of carbonyl (C=O) groups is 1. The molecule has 0 saturated carbocycles. The average molecular weight is 372 g/mol. The zero-order chi connectivity index (χ0) is 17.4. The molecule has 0 unspecified atom stereocenters. The van der Waals surface area contributed by atoms with Crippen molar-refractivity contribution < 1.29 is 4.79 Å². The molecule has 0 spiro atoms. The zero-order valence-electron chi connectivity index (χ0n) is 14.4. The Morgan fingerprint density at radius 1 is 1.17 bits per heavy atom.